The summed E-state index contributed by atoms with van der Waals surface area (Å²) < 4.78 is 4.80. The first-order valence-corrected chi connectivity index (χ1v) is 9.91. The maximum Gasteiger partial charge on any atom is 0.333 e. The fourth-order valence-corrected chi connectivity index (χ4v) is 2.68. The van der Waals surface area contributed by atoms with Crippen molar-refractivity contribution in [3.05, 3.63) is 12.2 Å². The molecule has 0 fully saturated rings. The van der Waals surface area contributed by atoms with Gasteiger partial charge in [0, 0.05) is 0 Å². The van der Waals surface area contributed by atoms with E-state index in [1.807, 2.05) is 0 Å². The van der Waals surface area contributed by atoms with Gasteiger partial charge in [-0.2, -0.15) is 0 Å². The van der Waals surface area contributed by atoms with Crippen LogP contribution in [0.25, 0.3) is 0 Å². The smallest absolute Gasteiger partial charge is 0.333 e. The highest BCUT2D eigenvalue weighted by atomic mass is 16.6. The van der Waals surface area contributed by atoms with Crippen LogP contribution in [0.5, 0.6) is 0 Å². The molecule has 4 nitrogen and oxygen atoms in total. The van der Waals surface area contributed by atoms with Gasteiger partial charge in [-0.1, -0.05) is 70.4 Å². The van der Waals surface area contributed by atoms with Crippen molar-refractivity contribution in [2.45, 2.75) is 103 Å². The number of ether oxygens (including phenoxy) is 1. The van der Waals surface area contributed by atoms with Gasteiger partial charge in [-0.25, -0.2) is 4.79 Å². The van der Waals surface area contributed by atoms with Gasteiger partial charge >= 0.3 is 5.97 Å². The summed E-state index contributed by atoms with van der Waals surface area (Å²) in [6.07, 6.45) is 21.2. The van der Waals surface area contributed by atoms with E-state index in [2.05, 4.69) is 19.1 Å². The Balaban J connectivity index is 3.22. The molecule has 0 saturated heterocycles. The highest BCUT2D eigenvalue weighted by Gasteiger charge is 2.07. The van der Waals surface area contributed by atoms with Crippen molar-refractivity contribution in [1.82, 2.24) is 0 Å². The molecule has 142 valence electrons. The Morgan fingerprint density at radius 1 is 0.917 bits per heavy atom. The number of aliphatic hydroxyl groups is 1. The third-order valence-corrected chi connectivity index (χ3v) is 4.16. The summed E-state index contributed by atoms with van der Waals surface area (Å²) in [5, 5.41) is 8.55. The van der Waals surface area contributed by atoms with Crippen molar-refractivity contribution in [1.29, 1.82) is 0 Å². The van der Waals surface area contributed by atoms with E-state index in [-0.39, 0.29) is 0 Å². The van der Waals surface area contributed by atoms with E-state index in [9.17, 15) is 4.79 Å². The minimum absolute atomic E-state index is 0.574. The lowest BCUT2D eigenvalue weighted by Crippen LogP contribution is -2.28. The van der Waals surface area contributed by atoms with E-state index in [4.69, 9.17) is 15.6 Å². The van der Waals surface area contributed by atoms with Crippen LogP contribution in [0.15, 0.2) is 12.2 Å². The van der Waals surface area contributed by atoms with Crippen molar-refractivity contribution in [2.24, 2.45) is 5.73 Å². The van der Waals surface area contributed by atoms with Crippen LogP contribution in [0, 0.1) is 0 Å². The molecule has 0 aromatic heterocycles. The number of hydrogen-bond donors (Lipinski definition) is 2. The van der Waals surface area contributed by atoms with E-state index < -0.39 is 18.8 Å². The minimum atomic E-state index is -0.643. The molecule has 0 aliphatic heterocycles. The molecule has 24 heavy (non-hydrogen) atoms. The first kappa shape index (κ1) is 23.1. The van der Waals surface area contributed by atoms with Gasteiger partial charge in [0.25, 0.3) is 0 Å². The summed E-state index contributed by atoms with van der Waals surface area (Å²) in [5.41, 5.74) is 5.64. The first-order chi connectivity index (χ1) is 11.7. The number of aliphatic hydroxyl groups excluding tert-OH is 1. The largest absolute Gasteiger partial charge is 0.445 e. The summed E-state index contributed by atoms with van der Waals surface area (Å²) >= 11 is 0. The van der Waals surface area contributed by atoms with Gasteiger partial charge in [0.2, 0.25) is 0 Å². The normalized spacial score (nSPS) is 12.6. The number of carbonyl (C=O) groups excluding carboxylic acids is 1. The van der Waals surface area contributed by atoms with Crippen LogP contribution >= 0.6 is 0 Å². The number of allylic oxidation sites excluding steroid dienone is 2. The molecule has 3 N–H and O–H groups in total. The average molecular weight is 342 g/mol. The molecule has 0 saturated carbocycles. The lowest BCUT2D eigenvalue weighted by molar-refractivity contribution is -0.152. The second kappa shape index (κ2) is 18.5. The van der Waals surface area contributed by atoms with Gasteiger partial charge in [0.1, 0.15) is 6.61 Å². The highest BCUT2D eigenvalue weighted by molar-refractivity contribution is 5.70. The van der Waals surface area contributed by atoms with Crippen LogP contribution in [0.2, 0.25) is 0 Å². The number of esters is 1. The van der Waals surface area contributed by atoms with Crippen molar-refractivity contribution < 1.29 is 14.6 Å². The summed E-state index contributed by atoms with van der Waals surface area (Å²) in [5.74, 6) is -0.643. The maximum absolute atomic E-state index is 10.8. The predicted octanol–water partition coefficient (Wildman–Crippen LogP) is 4.84. The van der Waals surface area contributed by atoms with Crippen LogP contribution in [-0.2, 0) is 9.53 Å². The third kappa shape index (κ3) is 17.5. The van der Waals surface area contributed by atoms with E-state index in [0.717, 1.165) is 12.8 Å². The standard InChI is InChI=1S/C20H39NO3/c1-2-3-4-5-6-7-8-9-10-11-12-13-14-15-16-17-19(21)24-20(23)18-22/h9-10,19,22H,2-8,11-18,21H2,1H3/b10-9-. The van der Waals surface area contributed by atoms with Crippen molar-refractivity contribution in [2.75, 3.05) is 6.61 Å². The van der Waals surface area contributed by atoms with Crippen molar-refractivity contribution in [3.63, 3.8) is 0 Å². The van der Waals surface area contributed by atoms with Crippen LogP contribution in [0.1, 0.15) is 96.8 Å². The molecule has 0 amide bonds. The highest BCUT2D eigenvalue weighted by Crippen LogP contribution is 2.10. The topological polar surface area (TPSA) is 72.5 Å². The van der Waals surface area contributed by atoms with Gasteiger partial charge in [-0.05, 0) is 38.5 Å². The number of hydrogen-bond acceptors (Lipinski definition) is 4. The Labute approximate surface area is 148 Å². The molecule has 0 bridgehead atoms. The van der Waals surface area contributed by atoms with Gasteiger partial charge in [0.15, 0.2) is 6.23 Å². The molecular formula is C20H39NO3. The summed E-state index contributed by atoms with van der Waals surface area (Å²) in [4.78, 5) is 10.8. The average Bonchev–Trinajstić information content (AvgIpc) is 2.58. The number of rotatable bonds is 17. The Morgan fingerprint density at radius 2 is 1.42 bits per heavy atom. The molecular weight excluding hydrogens is 302 g/mol. The van der Waals surface area contributed by atoms with Crippen molar-refractivity contribution >= 4 is 5.97 Å². The van der Waals surface area contributed by atoms with E-state index in [1.165, 1.54) is 70.6 Å². The zero-order valence-corrected chi connectivity index (χ0v) is 15.7. The molecule has 0 heterocycles. The molecule has 1 unspecified atom stereocenters. The first-order valence-electron chi connectivity index (χ1n) is 9.91. The minimum Gasteiger partial charge on any atom is -0.445 e. The maximum atomic E-state index is 10.8. The third-order valence-electron chi connectivity index (χ3n) is 4.16. The Hall–Kier alpha value is -0.870. The zero-order chi connectivity index (χ0) is 17.9. The van der Waals surface area contributed by atoms with Crippen LogP contribution in [-0.4, -0.2) is 23.9 Å². The van der Waals surface area contributed by atoms with Gasteiger partial charge in [-0.15, -0.1) is 0 Å². The van der Waals surface area contributed by atoms with Crippen molar-refractivity contribution in [3.8, 4) is 0 Å². The van der Waals surface area contributed by atoms with E-state index in [1.54, 1.807) is 0 Å². The van der Waals surface area contributed by atoms with Gasteiger partial charge in [0.05, 0.1) is 0 Å². The number of carbonyl (C=O) groups is 1. The SMILES string of the molecule is CCCCCCCC/C=C\CCCCCCCC(N)OC(=O)CO. The second-order valence-corrected chi connectivity index (χ2v) is 6.56. The fraction of sp³-hybridized carbons (Fsp3) is 0.850. The van der Waals surface area contributed by atoms with Crippen LogP contribution in [0.4, 0.5) is 0 Å². The molecule has 0 radical (unpaired) electrons. The quantitative estimate of drug-likeness (QED) is 0.172. The lowest BCUT2D eigenvalue weighted by atomic mass is 10.1. The molecule has 0 aliphatic rings. The molecule has 4 heteroatoms. The molecule has 1 atom stereocenters. The number of nitrogens with two attached hydrogens (primary N) is 1. The van der Waals surface area contributed by atoms with Gasteiger partial charge < -0.3 is 9.84 Å². The molecule has 0 aliphatic carbocycles. The van der Waals surface area contributed by atoms with Crippen LogP contribution < -0.4 is 5.73 Å². The summed E-state index contributed by atoms with van der Waals surface area (Å²) in [7, 11) is 0. The van der Waals surface area contributed by atoms with Crippen LogP contribution in [0.3, 0.4) is 0 Å². The Kier molecular flexibility index (Phi) is 17.8. The summed E-state index contributed by atoms with van der Waals surface area (Å²) in [6.45, 7) is 1.66. The zero-order valence-electron chi connectivity index (χ0n) is 15.7. The summed E-state index contributed by atoms with van der Waals surface area (Å²) in [6, 6.07) is 0. The predicted molar refractivity (Wildman–Crippen MR) is 101 cm³/mol. The fourth-order valence-electron chi connectivity index (χ4n) is 2.68. The molecule has 0 spiro atoms. The van der Waals surface area contributed by atoms with E-state index >= 15 is 0 Å². The lowest BCUT2D eigenvalue weighted by Gasteiger charge is -2.11. The Bertz CT molecular complexity index is 305. The molecule has 0 rings (SSSR count). The second-order valence-electron chi connectivity index (χ2n) is 6.56. The van der Waals surface area contributed by atoms with Gasteiger partial charge in [-0.3, -0.25) is 5.73 Å². The monoisotopic (exact) mass is 341 g/mol. The molecule has 0 aromatic rings. The number of unbranched alkanes of at least 4 members (excludes halogenated alkanes) is 11. The molecule has 0 aromatic carbocycles. The Morgan fingerprint density at radius 3 is 1.96 bits per heavy atom. The van der Waals surface area contributed by atoms with E-state index in [0.29, 0.717) is 6.42 Å².